The van der Waals surface area contributed by atoms with Crippen molar-refractivity contribution in [2.24, 2.45) is 0 Å². The van der Waals surface area contributed by atoms with Crippen LogP contribution in [-0.4, -0.2) is 9.97 Å². The number of ether oxygens (including phenoxy) is 1. The van der Waals surface area contributed by atoms with Crippen LogP contribution in [0.2, 0.25) is 5.15 Å². The van der Waals surface area contributed by atoms with Crippen molar-refractivity contribution in [3.8, 4) is 11.6 Å². The Morgan fingerprint density at radius 2 is 2.00 bits per heavy atom. The molecule has 2 aromatic rings. The third-order valence-corrected chi connectivity index (χ3v) is 2.52. The zero-order chi connectivity index (χ0) is 10.7. The van der Waals surface area contributed by atoms with Crippen molar-refractivity contribution in [3.63, 3.8) is 0 Å². The van der Waals surface area contributed by atoms with Crippen molar-refractivity contribution in [1.82, 2.24) is 9.97 Å². The number of hydrogen-bond donors (Lipinski definition) is 0. The topological polar surface area (TPSA) is 35.0 Å². The van der Waals surface area contributed by atoms with Crippen molar-refractivity contribution in [3.05, 3.63) is 46.3 Å². The minimum absolute atomic E-state index is 0.354. The van der Waals surface area contributed by atoms with Crippen LogP contribution < -0.4 is 4.74 Å². The van der Waals surface area contributed by atoms with Crippen LogP contribution in [0.3, 0.4) is 0 Å². The van der Waals surface area contributed by atoms with E-state index in [1.54, 1.807) is 6.07 Å². The number of rotatable bonds is 2. The maximum Gasteiger partial charge on any atom is 0.223 e. The average molecular weight is 286 g/mol. The first kappa shape index (κ1) is 10.4. The molecule has 5 heteroatoms. The fraction of sp³-hybridized carbons (Fsp3) is 0. The Labute approximate surface area is 100 Å². The Balaban J connectivity index is 2.26. The quantitative estimate of drug-likeness (QED) is 0.789. The molecule has 0 aliphatic heterocycles. The Morgan fingerprint density at radius 3 is 2.73 bits per heavy atom. The molecule has 76 valence electrons. The molecule has 0 aliphatic rings. The van der Waals surface area contributed by atoms with E-state index in [0.29, 0.717) is 16.8 Å². The summed E-state index contributed by atoms with van der Waals surface area (Å²) in [6.45, 7) is 0. The molecule has 0 saturated carbocycles. The number of aromatic nitrogens is 2. The maximum atomic E-state index is 5.71. The molecule has 0 unspecified atom stereocenters. The number of halogens is 2. The summed E-state index contributed by atoms with van der Waals surface area (Å²) < 4.78 is 6.37. The van der Waals surface area contributed by atoms with Crippen molar-refractivity contribution < 1.29 is 4.74 Å². The summed E-state index contributed by atoms with van der Waals surface area (Å²) in [5.74, 6) is 1.11. The smallest absolute Gasteiger partial charge is 0.223 e. The molecule has 0 spiro atoms. The molecule has 1 heterocycles. The molecule has 0 amide bonds. The first-order valence-electron chi connectivity index (χ1n) is 4.15. The lowest BCUT2D eigenvalue weighted by molar-refractivity contribution is 0.459. The van der Waals surface area contributed by atoms with E-state index >= 15 is 0 Å². The summed E-state index contributed by atoms with van der Waals surface area (Å²) in [6.07, 6.45) is 1.36. The number of hydrogen-bond acceptors (Lipinski definition) is 3. The van der Waals surface area contributed by atoms with Gasteiger partial charge in [0.25, 0.3) is 0 Å². The Hall–Kier alpha value is -1.13. The average Bonchev–Trinajstić information content (AvgIpc) is 2.22. The SMILES string of the molecule is Clc1cc(Oc2ccccc2Br)ncn1. The van der Waals surface area contributed by atoms with Gasteiger partial charge >= 0.3 is 0 Å². The predicted octanol–water partition coefficient (Wildman–Crippen LogP) is 3.68. The summed E-state index contributed by atoms with van der Waals surface area (Å²) in [5.41, 5.74) is 0. The zero-order valence-electron chi connectivity index (χ0n) is 7.52. The minimum atomic E-state index is 0.354. The monoisotopic (exact) mass is 284 g/mol. The van der Waals surface area contributed by atoms with Crippen molar-refractivity contribution in [2.75, 3.05) is 0 Å². The third kappa shape index (κ3) is 2.67. The van der Waals surface area contributed by atoms with Gasteiger partial charge in [0.15, 0.2) is 0 Å². The van der Waals surface area contributed by atoms with E-state index in [9.17, 15) is 0 Å². The highest BCUT2D eigenvalue weighted by Crippen LogP contribution is 2.28. The molecule has 1 aromatic carbocycles. The lowest BCUT2D eigenvalue weighted by atomic mass is 10.3. The molecule has 0 radical (unpaired) electrons. The van der Waals surface area contributed by atoms with E-state index in [0.717, 1.165) is 4.47 Å². The highest BCUT2D eigenvalue weighted by atomic mass is 79.9. The van der Waals surface area contributed by atoms with Gasteiger partial charge in [0.05, 0.1) is 4.47 Å². The molecule has 0 N–H and O–H groups in total. The van der Waals surface area contributed by atoms with Gasteiger partial charge in [-0.15, -0.1) is 0 Å². The lowest BCUT2D eigenvalue weighted by Crippen LogP contribution is -1.89. The summed E-state index contributed by atoms with van der Waals surface area (Å²) in [7, 11) is 0. The summed E-state index contributed by atoms with van der Waals surface area (Å²) in [5, 5.41) is 0.354. The van der Waals surface area contributed by atoms with Gasteiger partial charge in [-0.25, -0.2) is 9.97 Å². The van der Waals surface area contributed by atoms with Crippen LogP contribution in [0.1, 0.15) is 0 Å². The highest BCUT2D eigenvalue weighted by molar-refractivity contribution is 9.10. The van der Waals surface area contributed by atoms with Gasteiger partial charge in [0, 0.05) is 6.07 Å². The third-order valence-electron chi connectivity index (χ3n) is 1.66. The van der Waals surface area contributed by atoms with Crippen LogP contribution >= 0.6 is 27.5 Å². The lowest BCUT2D eigenvalue weighted by Gasteiger charge is -2.05. The van der Waals surface area contributed by atoms with Crippen LogP contribution in [0.5, 0.6) is 11.6 Å². The summed E-state index contributed by atoms with van der Waals surface area (Å²) in [6, 6.07) is 9.06. The molecule has 15 heavy (non-hydrogen) atoms. The van der Waals surface area contributed by atoms with Crippen LogP contribution in [0.25, 0.3) is 0 Å². The van der Waals surface area contributed by atoms with E-state index in [1.165, 1.54) is 6.33 Å². The Kier molecular flexibility index (Phi) is 3.18. The van der Waals surface area contributed by atoms with Gasteiger partial charge in [0.1, 0.15) is 17.2 Å². The van der Waals surface area contributed by atoms with E-state index in [4.69, 9.17) is 16.3 Å². The molecule has 0 aliphatic carbocycles. The van der Waals surface area contributed by atoms with Crippen molar-refractivity contribution in [2.45, 2.75) is 0 Å². The fourth-order valence-corrected chi connectivity index (χ4v) is 1.52. The van der Waals surface area contributed by atoms with Crippen molar-refractivity contribution in [1.29, 1.82) is 0 Å². The van der Waals surface area contributed by atoms with E-state index in [2.05, 4.69) is 25.9 Å². The van der Waals surface area contributed by atoms with Crippen LogP contribution in [0.15, 0.2) is 41.1 Å². The molecule has 0 saturated heterocycles. The number of para-hydroxylation sites is 1. The van der Waals surface area contributed by atoms with E-state index in [1.807, 2.05) is 24.3 Å². The molecule has 2 rings (SSSR count). The second kappa shape index (κ2) is 4.59. The normalized spacial score (nSPS) is 10.0. The van der Waals surface area contributed by atoms with Crippen molar-refractivity contribution >= 4 is 27.5 Å². The van der Waals surface area contributed by atoms with Gasteiger partial charge in [-0.2, -0.15) is 0 Å². The van der Waals surface area contributed by atoms with Gasteiger partial charge in [-0.05, 0) is 28.1 Å². The molecular formula is C10H6BrClN2O. The molecule has 0 atom stereocenters. The second-order valence-corrected chi connectivity index (χ2v) is 3.95. The molecule has 0 fully saturated rings. The maximum absolute atomic E-state index is 5.71. The molecule has 0 bridgehead atoms. The van der Waals surface area contributed by atoms with E-state index < -0.39 is 0 Å². The summed E-state index contributed by atoms with van der Waals surface area (Å²) >= 11 is 9.08. The van der Waals surface area contributed by atoms with Gasteiger partial charge < -0.3 is 4.74 Å². The van der Waals surface area contributed by atoms with Gasteiger partial charge in [0.2, 0.25) is 5.88 Å². The molecular weight excluding hydrogens is 279 g/mol. The number of benzene rings is 1. The molecule has 3 nitrogen and oxygen atoms in total. The van der Waals surface area contributed by atoms with E-state index in [-0.39, 0.29) is 0 Å². The van der Waals surface area contributed by atoms with Crippen LogP contribution in [0, 0.1) is 0 Å². The fourth-order valence-electron chi connectivity index (χ4n) is 1.01. The van der Waals surface area contributed by atoms with Crippen LogP contribution in [0.4, 0.5) is 0 Å². The minimum Gasteiger partial charge on any atom is -0.438 e. The zero-order valence-corrected chi connectivity index (χ0v) is 9.86. The van der Waals surface area contributed by atoms with Crippen LogP contribution in [-0.2, 0) is 0 Å². The number of nitrogens with zero attached hydrogens (tertiary/aromatic N) is 2. The standard InChI is InChI=1S/C10H6BrClN2O/c11-7-3-1-2-4-8(7)15-10-5-9(12)13-6-14-10/h1-6H. The largest absolute Gasteiger partial charge is 0.438 e. The second-order valence-electron chi connectivity index (χ2n) is 2.71. The Morgan fingerprint density at radius 1 is 1.20 bits per heavy atom. The summed E-state index contributed by atoms with van der Waals surface area (Å²) in [4.78, 5) is 7.70. The van der Waals surface area contributed by atoms with Gasteiger partial charge in [-0.3, -0.25) is 0 Å². The first-order valence-corrected chi connectivity index (χ1v) is 5.33. The predicted molar refractivity (Wildman–Crippen MR) is 61.3 cm³/mol. The van der Waals surface area contributed by atoms with Gasteiger partial charge in [-0.1, -0.05) is 23.7 Å². The highest BCUT2D eigenvalue weighted by Gasteiger charge is 2.02. The first-order chi connectivity index (χ1) is 7.25. The Bertz CT molecular complexity index is 478. The molecule has 1 aromatic heterocycles.